The van der Waals surface area contributed by atoms with Crippen molar-refractivity contribution in [2.24, 2.45) is 0 Å². The molecule has 164 valence electrons. The summed E-state index contributed by atoms with van der Waals surface area (Å²) in [4.78, 5) is 30.0. The Hall–Kier alpha value is -2.86. The van der Waals surface area contributed by atoms with Crippen LogP contribution < -0.4 is 15.0 Å². The van der Waals surface area contributed by atoms with E-state index in [4.69, 9.17) is 4.74 Å². The van der Waals surface area contributed by atoms with Gasteiger partial charge in [-0.05, 0) is 56.1 Å². The summed E-state index contributed by atoms with van der Waals surface area (Å²) in [5, 5.41) is 2.94. The lowest BCUT2D eigenvalue weighted by Crippen LogP contribution is -2.46. The number of amides is 2. The molecule has 0 bridgehead atoms. The Morgan fingerprint density at radius 3 is 2.65 bits per heavy atom. The Labute approximate surface area is 184 Å². The number of hydrogen-bond donors (Lipinski definition) is 1. The number of methoxy groups -OCH3 is 1. The maximum absolute atomic E-state index is 13.6. The van der Waals surface area contributed by atoms with Crippen LogP contribution in [0.1, 0.15) is 50.6 Å². The van der Waals surface area contributed by atoms with E-state index in [0.717, 1.165) is 37.2 Å². The van der Waals surface area contributed by atoms with Crippen LogP contribution in [-0.4, -0.2) is 43.0 Å². The fourth-order valence-electron chi connectivity index (χ4n) is 4.78. The standard InChI is InChI=1S/C25H31N3O3/c1-18-16-24(29)26-21-8-5-6-10-23(21)28(18)25(30)17-27-15-7-3-4-9-22(27)19-11-13-20(31-2)14-12-19/h5-6,8,10-14,18,22H,3-4,7,9,15-17H2,1-2H3,(H,26,29). The summed E-state index contributed by atoms with van der Waals surface area (Å²) in [7, 11) is 1.67. The van der Waals surface area contributed by atoms with Crippen LogP contribution in [0.4, 0.5) is 11.4 Å². The molecule has 0 saturated carbocycles. The Morgan fingerprint density at radius 2 is 1.87 bits per heavy atom. The van der Waals surface area contributed by atoms with Gasteiger partial charge in [-0.15, -0.1) is 0 Å². The minimum Gasteiger partial charge on any atom is -0.497 e. The molecule has 2 heterocycles. The van der Waals surface area contributed by atoms with Crippen molar-refractivity contribution in [1.82, 2.24) is 4.90 Å². The molecule has 0 aliphatic carbocycles. The molecule has 2 amide bonds. The highest BCUT2D eigenvalue weighted by Crippen LogP contribution is 2.34. The third-order valence-corrected chi connectivity index (χ3v) is 6.33. The van der Waals surface area contributed by atoms with Crippen molar-refractivity contribution in [3.8, 4) is 5.75 Å². The molecule has 2 atom stereocenters. The largest absolute Gasteiger partial charge is 0.497 e. The predicted octanol–water partition coefficient (Wildman–Crippen LogP) is 4.38. The maximum atomic E-state index is 13.6. The van der Waals surface area contributed by atoms with Crippen LogP contribution in [0.25, 0.3) is 0 Å². The Bertz CT molecular complexity index is 928. The van der Waals surface area contributed by atoms with Gasteiger partial charge >= 0.3 is 0 Å². The molecule has 0 radical (unpaired) electrons. The number of benzene rings is 2. The average molecular weight is 422 g/mol. The van der Waals surface area contributed by atoms with E-state index < -0.39 is 0 Å². The van der Waals surface area contributed by atoms with E-state index in [0.29, 0.717) is 18.7 Å². The van der Waals surface area contributed by atoms with E-state index >= 15 is 0 Å². The zero-order valence-electron chi connectivity index (χ0n) is 18.3. The van der Waals surface area contributed by atoms with Gasteiger partial charge in [-0.3, -0.25) is 14.5 Å². The molecule has 2 aliphatic rings. The number of carbonyl (C=O) groups excluding carboxylic acids is 2. The quantitative estimate of drug-likeness (QED) is 0.796. The van der Waals surface area contributed by atoms with Crippen molar-refractivity contribution in [3.63, 3.8) is 0 Å². The van der Waals surface area contributed by atoms with Crippen molar-refractivity contribution >= 4 is 23.2 Å². The molecule has 0 aromatic heterocycles. The lowest BCUT2D eigenvalue weighted by atomic mass is 10.0. The molecule has 6 nitrogen and oxygen atoms in total. The number of nitrogens with one attached hydrogen (secondary N) is 1. The fraction of sp³-hybridized carbons (Fsp3) is 0.440. The van der Waals surface area contributed by atoms with Gasteiger partial charge < -0.3 is 15.0 Å². The summed E-state index contributed by atoms with van der Waals surface area (Å²) in [6.45, 7) is 3.18. The second kappa shape index (κ2) is 9.52. The van der Waals surface area contributed by atoms with E-state index in [-0.39, 0.29) is 23.9 Å². The van der Waals surface area contributed by atoms with Crippen molar-refractivity contribution in [2.75, 3.05) is 30.4 Å². The van der Waals surface area contributed by atoms with Crippen LogP contribution in [0, 0.1) is 0 Å². The Balaban J connectivity index is 1.59. The molecule has 1 N–H and O–H groups in total. The molecule has 1 saturated heterocycles. The molecule has 2 aromatic carbocycles. The first-order chi connectivity index (χ1) is 15.1. The molecule has 1 fully saturated rings. The summed E-state index contributed by atoms with van der Waals surface area (Å²) >= 11 is 0. The molecule has 31 heavy (non-hydrogen) atoms. The van der Waals surface area contributed by atoms with E-state index in [1.165, 1.54) is 12.0 Å². The normalized spacial score (nSPS) is 22.1. The second-order valence-corrected chi connectivity index (χ2v) is 8.49. The van der Waals surface area contributed by atoms with Crippen LogP contribution in [0.15, 0.2) is 48.5 Å². The predicted molar refractivity (Wildman–Crippen MR) is 122 cm³/mol. The monoisotopic (exact) mass is 421 g/mol. The first kappa shape index (κ1) is 21.4. The number of rotatable bonds is 4. The van der Waals surface area contributed by atoms with Crippen LogP contribution in [-0.2, 0) is 9.59 Å². The summed E-state index contributed by atoms with van der Waals surface area (Å²) in [5.74, 6) is 0.824. The van der Waals surface area contributed by atoms with Crippen molar-refractivity contribution in [3.05, 3.63) is 54.1 Å². The summed E-state index contributed by atoms with van der Waals surface area (Å²) in [5.41, 5.74) is 2.70. The van der Waals surface area contributed by atoms with Crippen LogP contribution in [0.5, 0.6) is 5.75 Å². The molecule has 6 heteroatoms. The third-order valence-electron chi connectivity index (χ3n) is 6.33. The van der Waals surface area contributed by atoms with E-state index in [1.807, 2.05) is 48.2 Å². The van der Waals surface area contributed by atoms with Gasteiger partial charge in [0.15, 0.2) is 0 Å². The SMILES string of the molecule is COc1ccc(C2CCCCCN2CC(=O)N2c3ccccc3NC(=O)CC2C)cc1. The van der Waals surface area contributed by atoms with Gasteiger partial charge in [-0.25, -0.2) is 0 Å². The van der Waals surface area contributed by atoms with Gasteiger partial charge in [0.1, 0.15) is 5.75 Å². The number of para-hydroxylation sites is 2. The number of anilines is 2. The zero-order chi connectivity index (χ0) is 21.8. The van der Waals surface area contributed by atoms with Gasteiger partial charge in [-0.1, -0.05) is 37.1 Å². The highest BCUT2D eigenvalue weighted by Gasteiger charge is 2.32. The van der Waals surface area contributed by atoms with Crippen LogP contribution in [0.2, 0.25) is 0 Å². The minimum absolute atomic E-state index is 0.0388. The van der Waals surface area contributed by atoms with Gasteiger partial charge in [0.2, 0.25) is 11.8 Å². The van der Waals surface area contributed by atoms with Gasteiger partial charge in [-0.2, -0.15) is 0 Å². The van der Waals surface area contributed by atoms with Gasteiger partial charge in [0, 0.05) is 18.5 Å². The second-order valence-electron chi connectivity index (χ2n) is 8.49. The highest BCUT2D eigenvalue weighted by atomic mass is 16.5. The molecule has 2 unspecified atom stereocenters. The third kappa shape index (κ3) is 4.74. The van der Waals surface area contributed by atoms with E-state index in [9.17, 15) is 9.59 Å². The number of carbonyl (C=O) groups is 2. The summed E-state index contributed by atoms with van der Waals surface area (Å²) in [6, 6.07) is 15.8. The molecule has 4 rings (SSSR count). The van der Waals surface area contributed by atoms with Crippen LogP contribution >= 0.6 is 0 Å². The number of fused-ring (bicyclic) bond motifs is 1. The number of ether oxygens (including phenoxy) is 1. The Kier molecular flexibility index (Phi) is 6.56. The molecule has 0 spiro atoms. The number of likely N-dealkylation sites (tertiary alicyclic amines) is 1. The van der Waals surface area contributed by atoms with Crippen LogP contribution in [0.3, 0.4) is 0 Å². The minimum atomic E-state index is -0.192. The first-order valence-corrected chi connectivity index (χ1v) is 11.2. The van der Waals surface area contributed by atoms with Crippen molar-refractivity contribution < 1.29 is 14.3 Å². The Morgan fingerprint density at radius 1 is 1.10 bits per heavy atom. The van der Waals surface area contributed by atoms with Crippen molar-refractivity contribution in [2.45, 2.75) is 51.1 Å². The number of nitrogens with zero attached hydrogens (tertiary/aromatic N) is 2. The van der Waals surface area contributed by atoms with E-state index in [2.05, 4.69) is 22.3 Å². The maximum Gasteiger partial charge on any atom is 0.241 e. The van der Waals surface area contributed by atoms with Crippen molar-refractivity contribution in [1.29, 1.82) is 0 Å². The summed E-state index contributed by atoms with van der Waals surface area (Å²) < 4.78 is 5.31. The smallest absolute Gasteiger partial charge is 0.241 e. The van der Waals surface area contributed by atoms with Gasteiger partial charge in [0.25, 0.3) is 0 Å². The average Bonchev–Trinajstić information content (AvgIpc) is 3.07. The topological polar surface area (TPSA) is 61.9 Å². The lowest BCUT2D eigenvalue weighted by Gasteiger charge is -2.34. The number of hydrogen-bond acceptors (Lipinski definition) is 4. The molecule has 2 aromatic rings. The lowest BCUT2D eigenvalue weighted by molar-refractivity contribution is -0.121. The summed E-state index contributed by atoms with van der Waals surface area (Å²) in [6.07, 6.45) is 4.75. The molecular formula is C25H31N3O3. The highest BCUT2D eigenvalue weighted by molar-refractivity contribution is 6.04. The van der Waals surface area contributed by atoms with Gasteiger partial charge in [0.05, 0.1) is 25.0 Å². The zero-order valence-corrected chi connectivity index (χ0v) is 18.3. The first-order valence-electron chi connectivity index (χ1n) is 11.2. The fourth-order valence-corrected chi connectivity index (χ4v) is 4.78. The van der Waals surface area contributed by atoms with E-state index in [1.54, 1.807) is 7.11 Å². The molecular weight excluding hydrogens is 390 g/mol. The molecule has 2 aliphatic heterocycles.